The lowest BCUT2D eigenvalue weighted by molar-refractivity contribution is 0.586. The topological polar surface area (TPSA) is 46.2 Å². The number of thioether (sulfide) groups is 1. The van der Waals surface area contributed by atoms with Gasteiger partial charge < -0.3 is 0 Å². The predicted octanol–water partition coefficient (Wildman–Crippen LogP) is 4.27. The van der Waals surface area contributed by atoms with E-state index in [0.717, 1.165) is 11.3 Å². The smallest absolute Gasteiger partial charge is 0.210 e. The Morgan fingerprint density at radius 3 is 2.71 bits per heavy atom. The highest BCUT2D eigenvalue weighted by molar-refractivity contribution is 7.98. The van der Waals surface area contributed by atoms with E-state index in [1.54, 1.807) is 41.4 Å². The van der Waals surface area contributed by atoms with Crippen LogP contribution in [0.2, 0.25) is 10.0 Å². The summed E-state index contributed by atoms with van der Waals surface area (Å²) in [5, 5.41) is 2.98. The van der Waals surface area contributed by atoms with Gasteiger partial charge in [-0.1, -0.05) is 35.3 Å². The molecule has 1 aromatic heterocycles. The Balaban J connectivity index is 1.75. The molecule has 2 aromatic rings. The first kappa shape index (κ1) is 17.1. The van der Waals surface area contributed by atoms with Crippen molar-refractivity contribution in [2.24, 2.45) is 0 Å². The van der Waals surface area contributed by atoms with Gasteiger partial charge in [-0.15, -0.1) is 11.3 Å². The fraction of sp³-hybridized carbons (Fsp3) is 0.231. The molecule has 2 rings (SSSR count). The molecule has 0 unspecified atom stereocenters. The van der Waals surface area contributed by atoms with Gasteiger partial charge in [-0.3, -0.25) is 0 Å². The molecule has 0 saturated heterocycles. The highest BCUT2D eigenvalue weighted by atomic mass is 35.5. The van der Waals surface area contributed by atoms with E-state index in [9.17, 15) is 8.42 Å². The molecule has 0 bridgehead atoms. The minimum atomic E-state index is -3.36. The summed E-state index contributed by atoms with van der Waals surface area (Å²) in [6.45, 7) is 0.385. The molecule has 114 valence electrons. The molecule has 0 fully saturated rings. The third-order valence-electron chi connectivity index (χ3n) is 2.57. The summed E-state index contributed by atoms with van der Waals surface area (Å²) >= 11 is 14.7. The van der Waals surface area contributed by atoms with Crippen LogP contribution in [-0.4, -0.2) is 20.7 Å². The van der Waals surface area contributed by atoms with Gasteiger partial charge in [0.1, 0.15) is 4.21 Å². The van der Waals surface area contributed by atoms with E-state index >= 15 is 0 Å². The third-order valence-corrected chi connectivity index (χ3v) is 7.02. The van der Waals surface area contributed by atoms with Crippen LogP contribution in [-0.2, 0) is 15.8 Å². The van der Waals surface area contributed by atoms with Crippen molar-refractivity contribution in [1.82, 2.24) is 4.72 Å². The summed E-state index contributed by atoms with van der Waals surface area (Å²) in [4.78, 5) is 0. The summed E-state index contributed by atoms with van der Waals surface area (Å²) < 4.78 is 26.7. The van der Waals surface area contributed by atoms with E-state index in [4.69, 9.17) is 23.2 Å². The normalized spacial score (nSPS) is 11.7. The van der Waals surface area contributed by atoms with Gasteiger partial charge in [0.2, 0.25) is 10.0 Å². The van der Waals surface area contributed by atoms with Gasteiger partial charge in [0, 0.05) is 28.1 Å². The second-order valence-electron chi connectivity index (χ2n) is 4.12. The molecule has 0 aliphatic carbocycles. The molecule has 1 heterocycles. The molecule has 0 aliphatic heterocycles. The zero-order valence-electron chi connectivity index (χ0n) is 10.9. The lowest BCUT2D eigenvalue weighted by Gasteiger charge is -2.06. The fourth-order valence-electron chi connectivity index (χ4n) is 1.56. The van der Waals surface area contributed by atoms with Crippen LogP contribution in [0.5, 0.6) is 0 Å². The van der Waals surface area contributed by atoms with Gasteiger partial charge in [-0.2, -0.15) is 11.8 Å². The van der Waals surface area contributed by atoms with Crippen LogP contribution in [0, 0.1) is 0 Å². The first-order chi connectivity index (χ1) is 9.99. The van der Waals surface area contributed by atoms with Crippen molar-refractivity contribution in [3.63, 3.8) is 0 Å². The average Bonchev–Trinajstić information content (AvgIpc) is 2.95. The third kappa shape index (κ3) is 5.16. The van der Waals surface area contributed by atoms with Crippen molar-refractivity contribution in [3.05, 3.63) is 51.3 Å². The molecule has 1 aromatic carbocycles. The van der Waals surface area contributed by atoms with Crippen LogP contribution in [0.1, 0.15) is 5.56 Å². The molecule has 0 radical (unpaired) electrons. The quantitative estimate of drug-likeness (QED) is 0.728. The van der Waals surface area contributed by atoms with Gasteiger partial charge in [0.15, 0.2) is 0 Å². The van der Waals surface area contributed by atoms with Crippen LogP contribution >= 0.6 is 46.3 Å². The van der Waals surface area contributed by atoms with Crippen molar-refractivity contribution in [3.8, 4) is 0 Å². The number of halogens is 2. The zero-order valence-corrected chi connectivity index (χ0v) is 14.8. The Kier molecular flexibility index (Phi) is 6.40. The Hall–Kier alpha value is -0.240. The monoisotopic (exact) mass is 381 g/mol. The maximum Gasteiger partial charge on any atom is 0.250 e. The summed E-state index contributed by atoms with van der Waals surface area (Å²) in [6.07, 6.45) is 0. The molecule has 0 aliphatic rings. The van der Waals surface area contributed by atoms with Gasteiger partial charge in [-0.05, 0) is 29.1 Å². The zero-order chi connectivity index (χ0) is 15.3. The second-order valence-corrected chi connectivity index (χ2v) is 9.01. The molecule has 0 atom stereocenters. The van der Waals surface area contributed by atoms with Gasteiger partial charge in [0.05, 0.1) is 0 Å². The maximum absolute atomic E-state index is 11.9. The number of thiophene rings is 1. The highest BCUT2D eigenvalue weighted by Crippen LogP contribution is 2.24. The predicted molar refractivity (Wildman–Crippen MR) is 92.1 cm³/mol. The molecule has 0 amide bonds. The van der Waals surface area contributed by atoms with Crippen LogP contribution < -0.4 is 4.72 Å². The Morgan fingerprint density at radius 1 is 1.24 bits per heavy atom. The molecule has 21 heavy (non-hydrogen) atoms. The number of rotatable bonds is 7. The van der Waals surface area contributed by atoms with E-state index < -0.39 is 10.0 Å². The van der Waals surface area contributed by atoms with Crippen molar-refractivity contribution >= 4 is 56.3 Å². The fourth-order valence-corrected chi connectivity index (χ4v) is 5.17. The van der Waals surface area contributed by atoms with Crippen LogP contribution in [0.25, 0.3) is 0 Å². The number of sulfonamides is 1. The number of benzene rings is 1. The van der Waals surface area contributed by atoms with Gasteiger partial charge in [0.25, 0.3) is 0 Å². The molecular weight excluding hydrogens is 369 g/mol. The van der Waals surface area contributed by atoms with Crippen molar-refractivity contribution in [1.29, 1.82) is 0 Å². The van der Waals surface area contributed by atoms with E-state index in [2.05, 4.69) is 4.72 Å². The lowest BCUT2D eigenvalue weighted by Crippen LogP contribution is -2.25. The Labute approximate surface area is 142 Å². The number of hydrogen-bond donors (Lipinski definition) is 1. The van der Waals surface area contributed by atoms with E-state index in [0.29, 0.717) is 26.6 Å². The van der Waals surface area contributed by atoms with Crippen molar-refractivity contribution < 1.29 is 8.42 Å². The minimum absolute atomic E-state index is 0.341. The molecule has 3 nitrogen and oxygen atoms in total. The second kappa shape index (κ2) is 7.85. The standard InChI is InChI=1S/C13H13Cl2NO2S3/c14-11-4-3-10(12(15)8-11)9-19-7-5-16-21(17,18)13-2-1-6-20-13/h1-4,6,8,16H,5,7,9H2. The van der Waals surface area contributed by atoms with Crippen LogP contribution in [0.15, 0.2) is 39.9 Å². The average molecular weight is 382 g/mol. The van der Waals surface area contributed by atoms with Crippen molar-refractivity contribution in [2.75, 3.05) is 12.3 Å². The van der Waals surface area contributed by atoms with Crippen LogP contribution in [0.4, 0.5) is 0 Å². The molecule has 0 saturated carbocycles. The maximum atomic E-state index is 11.9. The van der Waals surface area contributed by atoms with Gasteiger partial charge >= 0.3 is 0 Å². The summed E-state index contributed by atoms with van der Waals surface area (Å²) in [7, 11) is -3.36. The van der Waals surface area contributed by atoms with E-state index in [1.165, 1.54) is 11.3 Å². The first-order valence-electron chi connectivity index (χ1n) is 6.04. The van der Waals surface area contributed by atoms with Gasteiger partial charge in [-0.25, -0.2) is 13.1 Å². The first-order valence-corrected chi connectivity index (χ1v) is 10.3. The van der Waals surface area contributed by atoms with Crippen molar-refractivity contribution in [2.45, 2.75) is 9.96 Å². The largest absolute Gasteiger partial charge is 0.250 e. The van der Waals surface area contributed by atoms with E-state index in [-0.39, 0.29) is 0 Å². The highest BCUT2D eigenvalue weighted by Gasteiger charge is 2.13. The summed E-state index contributed by atoms with van der Waals surface area (Å²) in [5.74, 6) is 1.39. The number of hydrogen-bond acceptors (Lipinski definition) is 4. The molecule has 8 heteroatoms. The Morgan fingerprint density at radius 2 is 2.05 bits per heavy atom. The number of nitrogens with one attached hydrogen (secondary N) is 1. The summed E-state index contributed by atoms with van der Waals surface area (Å²) in [5.41, 5.74) is 0.993. The van der Waals surface area contributed by atoms with E-state index in [1.807, 2.05) is 6.07 Å². The minimum Gasteiger partial charge on any atom is -0.210 e. The lowest BCUT2D eigenvalue weighted by atomic mass is 10.2. The van der Waals surface area contributed by atoms with Crippen LogP contribution in [0.3, 0.4) is 0 Å². The summed E-state index contributed by atoms with van der Waals surface area (Å²) in [6, 6.07) is 8.69. The SMILES string of the molecule is O=S(=O)(NCCSCc1ccc(Cl)cc1Cl)c1cccs1. The molecule has 1 N–H and O–H groups in total. The molecule has 0 spiro atoms. The molecular formula is C13H13Cl2NO2S3. The Bertz CT molecular complexity index is 687.